The molecular formula is C16H14ClFINO. The number of rotatable bonds is 4. The van der Waals surface area contributed by atoms with Crippen LogP contribution >= 0.6 is 34.2 Å². The van der Waals surface area contributed by atoms with Gasteiger partial charge in [0.05, 0.1) is 5.56 Å². The van der Waals surface area contributed by atoms with E-state index in [0.29, 0.717) is 27.2 Å². The summed E-state index contributed by atoms with van der Waals surface area (Å²) < 4.78 is 13.8. The van der Waals surface area contributed by atoms with Crippen molar-refractivity contribution in [3.63, 3.8) is 0 Å². The zero-order valence-corrected chi connectivity index (χ0v) is 14.4. The molecule has 0 atom stereocenters. The Morgan fingerprint density at radius 2 is 2.00 bits per heavy atom. The Morgan fingerprint density at radius 3 is 2.62 bits per heavy atom. The van der Waals surface area contributed by atoms with Gasteiger partial charge >= 0.3 is 0 Å². The lowest BCUT2D eigenvalue weighted by atomic mass is 10.1. The minimum absolute atomic E-state index is 0.123. The van der Waals surface area contributed by atoms with Gasteiger partial charge in [-0.25, -0.2) is 4.39 Å². The van der Waals surface area contributed by atoms with Gasteiger partial charge in [0, 0.05) is 21.7 Å². The number of carbonyl (C=O) groups is 1. The zero-order chi connectivity index (χ0) is 15.4. The van der Waals surface area contributed by atoms with E-state index in [1.807, 2.05) is 47.7 Å². The van der Waals surface area contributed by atoms with Crippen LogP contribution in [0.4, 0.5) is 4.39 Å². The van der Waals surface area contributed by atoms with Crippen molar-refractivity contribution in [3.8, 4) is 0 Å². The van der Waals surface area contributed by atoms with E-state index in [0.717, 1.165) is 5.56 Å². The largest absolute Gasteiger partial charge is 0.335 e. The highest BCUT2D eigenvalue weighted by atomic mass is 127. The van der Waals surface area contributed by atoms with Crippen molar-refractivity contribution in [2.24, 2.45) is 0 Å². The van der Waals surface area contributed by atoms with Gasteiger partial charge in [-0.2, -0.15) is 0 Å². The first-order chi connectivity index (χ1) is 10.0. The molecule has 0 bridgehead atoms. The van der Waals surface area contributed by atoms with Crippen molar-refractivity contribution >= 4 is 40.1 Å². The van der Waals surface area contributed by atoms with Crippen molar-refractivity contribution in [3.05, 3.63) is 68.0 Å². The molecule has 0 saturated carbocycles. The monoisotopic (exact) mass is 417 g/mol. The van der Waals surface area contributed by atoms with E-state index >= 15 is 0 Å². The first kappa shape index (κ1) is 16.2. The summed E-state index contributed by atoms with van der Waals surface area (Å²) in [6.07, 6.45) is 0. The lowest BCUT2D eigenvalue weighted by Crippen LogP contribution is -2.31. The minimum Gasteiger partial charge on any atom is -0.335 e. The molecule has 2 aromatic rings. The van der Waals surface area contributed by atoms with Gasteiger partial charge in [0.2, 0.25) is 0 Å². The summed E-state index contributed by atoms with van der Waals surface area (Å²) >= 11 is 8.11. The fourth-order valence-corrected chi connectivity index (χ4v) is 2.90. The molecule has 0 aliphatic carbocycles. The normalized spacial score (nSPS) is 10.5. The third-order valence-corrected chi connectivity index (χ3v) is 4.41. The maximum absolute atomic E-state index is 13.1. The Bertz CT molecular complexity index is 662. The van der Waals surface area contributed by atoms with Gasteiger partial charge in [-0.1, -0.05) is 29.8 Å². The number of amides is 1. The van der Waals surface area contributed by atoms with Gasteiger partial charge in [-0.05, 0) is 59.3 Å². The molecule has 0 unspecified atom stereocenters. The van der Waals surface area contributed by atoms with Crippen LogP contribution < -0.4 is 0 Å². The second-order valence-corrected chi connectivity index (χ2v) is 6.10. The number of nitrogens with zero attached hydrogens (tertiary/aromatic N) is 1. The van der Waals surface area contributed by atoms with Crippen molar-refractivity contribution < 1.29 is 9.18 Å². The highest BCUT2D eigenvalue weighted by molar-refractivity contribution is 14.1. The Balaban J connectivity index is 2.25. The summed E-state index contributed by atoms with van der Waals surface area (Å²) in [5.74, 6) is -0.466. The molecule has 2 nitrogen and oxygen atoms in total. The van der Waals surface area contributed by atoms with E-state index in [9.17, 15) is 9.18 Å². The smallest absolute Gasteiger partial charge is 0.255 e. The molecule has 110 valence electrons. The van der Waals surface area contributed by atoms with Gasteiger partial charge < -0.3 is 4.90 Å². The van der Waals surface area contributed by atoms with Crippen LogP contribution in [0.25, 0.3) is 0 Å². The van der Waals surface area contributed by atoms with E-state index in [1.165, 1.54) is 18.2 Å². The van der Waals surface area contributed by atoms with Gasteiger partial charge in [-0.15, -0.1) is 0 Å². The van der Waals surface area contributed by atoms with Gasteiger partial charge in [-0.3, -0.25) is 4.79 Å². The van der Waals surface area contributed by atoms with E-state index in [1.54, 1.807) is 11.0 Å². The molecule has 5 heteroatoms. The molecule has 0 aliphatic rings. The third kappa shape index (κ3) is 3.95. The summed E-state index contributed by atoms with van der Waals surface area (Å²) in [6, 6.07) is 11.6. The SMILES string of the molecule is CCN(Cc1ccccc1Cl)C(=O)c1ccc(F)cc1I. The molecule has 0 aromatic heterocycles. The van der Waals surface area contributed by atoms with Crippen LogP contribution in [0, 0.1) is 9.39 Å². The lowest BCUT2D eigenvalue weighted by Gasteiger charge is -2.22. The Labute approximate surface area is 142 Å². The van der Waals surface area contributed by atoms with Crippen molar-refractivity contribution in [2.45, 2.75) is 13.5 Å². The van der Waals surface area contributed by atoms with Gasteiger partial charge in [0.1, 0.15) is 5.82 Å². The number of hydrogen-bond acceptors (Lipinski definition) is 1. The molecule has 0 fully saturated rings. The average Bonchev–Trinajstić information content (AvgIpc) is 2.46. The maximum Gasteiger partial charge on any atom is 0.255 e. The van der Waals surface area contributed by atoms with Crippen LogP contribution in [0.2, 0.25) is 5.02 Å². The fraction of sp³-hybridized carbons (Fsp3) is 0.188. The second-order valence-electron chi connectivity index (χ2n) is 4.53. The lowest BCUT2D eigenvalue weighted by molar-refractivity contribution is 0.0751. The zero-order valence-electron chi connectivity index (χ0n) is 11.4. The maximum atomic E-state index is 13.1. The second kappa shape index (κ2) is 7.22. The first-order valence-corrected chi connectivity index (χ1v) is 7.96. The summed E-state index contributed by atoms with van der Waals surface area (Å²) in [7, 11) is 0. The molecule has 1 amide bonds. The van der Waals surface area contributed by atoms with Crippen molar-refractivity contribution in [1.29, 1.82) is 0 Å². The molecule has 0 spiro atoms. The molecule has 0 saturated heterocycles. The number of carbonyl (C=O) groups excluding carboxylic acids is 1. The van der Waals surface area contributed by atoms with Crippen LogP contribution in [0.1, 0.15) is 22.8 Å². The molecular weight excluding hydrogens is 404 g/mol. The van der Waals surface area contributed by atoms with Crippen LogP contribution in [-0.4, -0.2) is 17.4 Å². The van der Waals surface area contributed by atoms with E-state index in [-0.39, 0.29) is 11.7 Å². The van der Waals surface area contributed by atoms with Crippen molar-refractivity contribution in [2.75, 3.05) is 6.54 Å². The average molecular weight is 418 g/mol. The highest BCUT2D eigenvalue weighted by Gasteiger charge is 2.18. The highest BCUT2D eigenvalue weighted by Crippen LogP contribution is 2.20. The summed E-state index contributed by atoms with van der Waals surface area (Å²) in [6.45, 7) is 2.89. The van der Waals surface area contributed by atoms with Crippen LogP contribution in [0.3, 0.4) is 0 Å². The third-order valence-electron chi connectivity index (χ3n) is 3.15. The van der Waals surface area contributed by atoms with E-state index in [2.05, 4.69) is 0 Å². The number of halogens is 3. The molecule has 0 radical (unpaired) electrons. The Hall–Kier alpha value is -1.14. The summed E-state index contributed by atoms with van der Waals surface area (Å²) in [5, 5.41) is 0.637. The minimum atomic E-state index is -0.342. The van der Waals surface area contributed by atoms with E-state index in [4.69, 9.17) is 11.6 Å². The Kier molecular flexibility index (Phi) is 5.58. The number of benzene rings is 2. The molecule has 0 N–H and O–H groups in total. The van der Waals surface area contributed by atoms with E-state index < -0.39 is 0 Å². The topological polar surface area (TPSA) is 20.3 Å². The summed E-state index contributed by atoms with van der Waals surface area (Å²) in [5.41, 5.74) is 1.40. The number of hydrogen-bond donors (Lipinski definition) is 0. The van der Waals surface area contributed by atoms with Crippen LogP contribution in [-0.2, 0) is 6.54 Å². The predicted molar refractivity (Wildman–Crippen MR) is 91.0 cm³/mol. The molecule has 2 aromatic carbocycles. The van der Waals surface area contributed by atoms with Gasteiger partial charge in [0.25, 0.3) is 5.91 Å². The fourth-order valence-electron chi connectivity index (χ4n) is 1.99. The molecule has 0 heterocycles. The predicted octanol–water partition coefficient (Wildman–Crippen LogP) is 4.75. The standard InChI is InChI=1S/C16H14ClFINO/c1-2-20(10-11-5-3-4-6-14(11)17)16(21)13-8-7-12(18)9-15(13)19/h3-9H,2,10H2,1H3. The summed E-state index contributed by atoms with van der Waals surface area (Å²) in [4.78, 5) is 14.3. The van der Waals surface area contributed by atoms with Gasteiger partial charge in [0.15, 0.2) is 0 Å². The molecule has 0 aliphatic heterocycles. The van der Waals surface area contributed by atoms with Crippen molar-refractivity contribution in [1.82, 2.24) is 4.90 Å². The van der Waals surface area contributed by atoms with Crippen LogP contribution in [0.5, 0.6) is 0 Å². The quantitative estimate of drug-likeness (QED) is 0.658. The van der Waals surface area contributed by atoms with Crippen LogP contribution in [0.15, 0.2) is 42.5 Å². The first-order valence-electron chi connectivity index (χ1n) is 6.50. The molecule has 2 rings (SSSR count). The Morgan fingerprint density at radius 1 is 1.29 bits per heavy atom. The molecule has 21 heavy (non-hydrogen) atoms.